The molecule has 0 unspecified atom stereocenters. The van der Waals surface area contributed by atoms with E-state index < -0.39 is 0 Å². The third kappa shape index (κ3) is 5.80. The van der Waals surface area contributed by atoms with Crippen molar-refractivity contribution in [3.8, 4) is 11.1 Å². The van der Waals surface area contributed by atoms with Crippen LogP contribution in [0.5, 0.6) is 0 Å². The molecule has 0 spiro atoms. The summed E-state index contributed by atoms with van der Waals surface area (Å²) in [5.41, 5.74) is 3.34. The van der Waals surface area contributed by atoms with Gasteiger partial charge in [0.05, 0.1) is 5.02 Å². The van der Waals surface area contributed by atoms with E-state index in [0.29, 0.717) is 5.92 Å². The number of methoxy groups -OCH3 is 1. The largest absolute Gasteiger partial charge is 0.385 e. The fourth-order valence-electron chi connectivity index (χ4n) is 4.26. The van der Waals surface area contributed by atoms with E-state index in [1.54, 1.807) is 13.2 Å². The molecule has 0 atom stereocenters. The third-order valence-corrected chi connectivity index (χ3v) is 6.25. The summed E-state index contributed by atoms with van der Waals surface area (Å²) in [5, 5.41) is 0.172. The Morgan fingerprint density at radius 3 is 2.30 bits per heavy atom. The molecular formula is C24H30ClFO. The summed E-state index contributed by atoms with van der Waals surface area (Å²) in [5.74, 6) is 1.21. The number of hydrogen-bond acceptors (Lipinski definition) is 1. The van der Waals surface area contributed by atoms with E-state index in [1.165, 1.54) is 63.0 Å². The zero-order valence-corrected chi connectivity index (χ0v) is 17.0. The van der Waals surface area contributed by atoms with Gasteiger partial charge in [-0.05, 0) is 72.8 Å². The maximum atomic E-state index is 13.7. The Morgan fingerprint density at radius 2 is 1.63 bits per heavy atom. The molecular weight excluding hydrogens is 359 g/mol. The number of ether oxygens (including phenoxy) is 1. The minimum Gasteiger partial charge on any atom is -0.385 e. The molecule has 0 aliphatic heterocycles. The predicted octanol–water partition coefficient (Wildman–Crippen LogP) is 7.63. The first kappa shape index (κ1) is 20.4. The molecule has 0 bridgehead atoms. The van der Waals surface area contributed by atoms with Crippen LogP contribution in [0.4, 0.5) is 4.39 Å². The van der Waals surface area contributed by atoms with Gasteiger partial charge in [-0.3, -0.25) is 0 Å². The van der Waals surface area contributed by atoms with Crippen LogP contribution in [-0.4, -0.2) is 13.7 Å². The Hall–Kier alpha value is -1.38. The van der Waals surface area contributed by atoms with Crippen molar-refractivity contribution in [1.29, 1.82) is 0 Å². The smallest absolute Gasteiger partial charge is 0.142 e. The standard InChI is InChI=1S/C24H30ClFO/c1-27-16-4-2-3-5-18-6-8-19(9-7-18)20-10-12-21(13-11-20)22-14-15-23(25)24(26)17-22/h10-15,17-19H,2-9,16H2,1H3. The Balaban J connectivity index is 1.49. The number of unbranched alkanes of at least 4 members (excludes halogenated alkanes) is 2. The van der Waals surface area contributed by atoms with Gasteiger partial charge in [0.15, 0.2) is 0 Å². The Kier molecular flexibility index (Phi) is 7.72. The van der Waals surface area contributed by atoms with E-state index in [4.69, 9.17) is 16.3 Å². The summed E-state index contributed by atoms with van der Waals surface area (Å²) in [4.78, 5) is 0. The topological polar surface area (TPSA) is 9.23 Å². The average Bonchev–Trinajstić information content (AvgIpc) is 2.71. The monoisotopic (exact) mass is 388 g/mol. The van der Waals surface area contributed by atoms with Crippen molar-refractivity contribution >= 4 is 11.6 Å². The summed E-state index contributed by atoms with van der Waals surface area (Å²) in [6, 6.07) is 13.7. The van der Waals surface area contributed by atoms with Gasteiger partial charge in [0.1, 0.15) is 5.82 Å². The van der Waals surface area contributed by atoms with Crippen molar-refractivity contribution in [1.82, 2.24) is 0 Å². The maximum absolute atomic E-state index is 13.7. The van der Waals surface area contributed by atoms with Crippen molar-refractivity contribution in [3.05, 3.63) is 58.9 Å². The first-order valence-corrected chi connectivity index (χ1v) is 10.6. The van der Waals surface area contributed by atoms with E-state index in [0.717, 1.165) is 23.7 Å². The van der Waals surface area contributed by atoms with Crippen LogP contribution in [-0.2, 0) is 4.74 Å². The molecule has 2 aromatic carbocycles. The lowest BCUT2D eigenvalue weighted by atomic mass is 9.77. The minimum absolute atomic E-state index is 0.172. The van der Waals surface area contributed by atoms with Crippen molar-refractivity contribution in [2.75, 3.05) is 13.7 Å². The van der Waals surface area contributed by atoms with E-state index in [-0.39, 0.29) is 10.8 Å². The van der Waals surface area contributed by atoms with Gasteiger partial charge < -0.3 is 4.74 Å². The van der Waals surface area contributed by atoms with Crippen LogP contribution in [0.15, 0.2) is 42.5 Å². The average molecular weight is 389 g/mol. The first-order chi connectivity index (χ1) is 13.2. The second-order valence-electron chi connectivity index (χ2n) is 7.81. The van der Waals surface area contributed by atoms with Crippen molar-refractivity contribution in [3.63, 3.8) is 0 Å². The van der Waals surface area contributed by atoms with Gasteiger partial charge in [0.25, 0.3) is 0 Å². The van der Waals surface area contributed by atoms with Crippen molar-refractivity contribution < 1.29 is 9.13 Å². The van der Waals surface area contributed by atoms with Gasteiger partial charge in [-0.25, -0.2) is 4.39 Å². The summed E-state index contributed by atoms with van der Waals surface area (Å²) in [6.07, 6.45) is 10.5. The van der Waals surface area contributed by atoms with Gasteiger partial charge >= 0.3 is 0 Å². The van der Waals surface area contributed by atoms with Gasteiger partial charge in [-0.1, -0.05) is 61.2 Å². The molecule has 0 amide bonds. The molecule has 1 fully saturated rings. The molecule has 27 heavy (non-hydrogen) atoms. The van der Waals surface area contributed by atoms with E-state index in [9.17, 15) is 4.39 Å². The lowest BCUT2D eigenvalue weighted by molar-refractivity contribution is 0.190. The highest BCUT2D eigenvalue weighted by molar-refractivity contribution is 6.30. The normalized spacial score (nSPS) is 20.0. The molecule has 0 heterocycles. The quantitative estimate of drug-likeness (QED) is 0.422. The van der Waals surface area contributed by atoms with Crippen LogP contribution in [0.3, 0.4) is 0 Å². The van der Waals surface area contributed by atoms with E-state index in [2.05, 4.69) is 24.3 Å². The van der Waals surface area contributed by atoms with Crippen LogP contribution >= 0.6 is 11.6 Å². The molecule has 1 aliphatic rings. The van der Waals surface area contributed by atoms with Gasteiger partial charge in [-0.15, -0.1) is 0 Å². The van der Waals surface area contributed by atoms with Crippen molar-refractivity contribution in [2.24, 2.45) is 5.92 Å². The molecule has 1 nitrogen and oxygen atoms in total. The molecule has 0 aromatic heterocycles. The minimum atomic E-state index is -0.362. The summed E-state index contributed by atoms with van der Waals surface area (Å²) in [7, 11) is 1.78. The zero-order chi connectivity index (χ0) is 19.1. The highest BCUT2D eigenvalue weighted by Crippen LogP contribution is 2.38. The summed E-state index contributed by atoms with van der Waals surface area (Å²) < 4.78 is 18.8. The Labute approximate surface area is 167 Å². The molecule has 0 saturated heterocycles. The van der Waals surface area contributed by atoms with Crippen LogP contribution < -0.4 is 0 Å². The van der Waals surface area contributed by atoms with Crippen LogP contribution in [0.1, 0.15) is 62.8 Å². The van der Waals surface area contributed by atoms with Gasteiger partial charge in [0, 0.05) is 13.7 Å². The molecule has 1 aliphatic carbocycles. The highest BCUT2D eigenvalue weighted by Gasteiger charge is 2.22. The molecule has 3 heteroatoms. The first-order valence-electron chi connectivity index (χ1n) is 10.2. The van der Waals surface area contributed by atoms with E-state index >= 15 is 0 Å². The third-order valence-electron chi connectivity index (χ3n) is 5.94. The van der Waals surface area contributed by atoms with E-state index in [1.807, 2.05) is 6.07 Å². The molecule has 3 rings (SSSR count). The molecule has 1 saturated carbocycles. The second-order valence-corrected chi connectivity index (χ2v) is 8.22. The predicted molar refractivity (Wildman–Crippen MR) is 112 cm³/mol. The van der Waals surface area contributed by atoms with Crippen LogP contribution in [0.25, 0.3) is 11.1 Å². The highest BCUT2D eigenvalue weighted by atomic mass is 35.5. The fraction of sp³-hybridized carbons (Fsp3) is 0.500. The molecule has 0 radical (unpaired) electrons. The maximum Gasteiger partial charge on any atom is 0.142 e. The van der Waals surface area contributed by atoms with Gasteiger partial charge in [-0.2, -0.15) is 0 Å². The SMILES string of the molecule is COCCCCCC1CCC(c2ccc(-c3ccc(Cl)c(F)c3)cc2)CC1. The number of halogens is 2. The van der Waals surface area contributed by atoms with Crippen LogP contribution in [0.2, 0.25) is 5.02 Å². The number of hydrogen-bond donors (Lipinski definition) is 0. The lowest BCUT2D eigenvalue weighted by Crippen LogP contribution is -2.13. The molecule has 0 N–H and O–H groups in total. The second kappa shape index (κ2) is 10.2. The Morgan fingerprint density at radius 1 is 0.926 bits per heavy atom. The lowest BCUT2D eigenvalue weighted by Gasteiger charge is -2.29. The van der Waals surface area contributed by atoms with Crippen molar-refractivity contribution in [2.45, 2.75) is 57.3 Å². The summed E-state index contributed by atoms with van der Waals surface area (Å²) in [6.45, 7) is 0.894. The fourth-order valence-corrected chi connectivity index (χ4v) is 4.38. The number of benzene rings is 2. The zero-order valence-electron chi connectivity index (χ0n) is 16.2. The molecule has 146 valence electrons. The summed E-state index contributed by atoms with van der Waals surface area (Å²) >= 11 is 5.78. The molecule has 2 aromatic rings. The Bertz CT molecular complexity index is 705. The van der Waals surface area contributed by atoms with Gasteiger partial charge in [0.2, 0.25) is 0 Å². The number of rotatable bonds is 8. The van der Waals surface area contributed by atoms with Crippen LogP contribution in [0, 0.1) is 11.7 Å².